The third-order valence-corrected chi connectivity index (χ3v) is 3.83. The molecule has 0 atom stereocenters. The Morgan fingerprint density at radius 2 is 2.19 bits per heavy atom. The molecule has 0 unspecified atom stereocenters. The number of anilines is 1. The Bertz CT molecular complexity index is 690. The lowest BCUT2D eigenvalue weighted by molar-refractivity contribution is -0.118. The van der Waals surface area contributed by atoms with Crippen molar-refractivity contribution in [2.75, 3.05) is 11.9 Å². The number of rotatable bonds is 5. The largest absolute Gasteiger partial charge is 0.483 e. The summed E-state index contributed by atoms with van der Waals surface area (Å²) in [6, 6.07) is 1.39. The van der Waals surface area contributed by atoms with Crippen LogP contribution in [0.1, 0.15) is 21.1 Å². The van der Waals surface area contributed by atoms with Gasteiger partial charge < -0.3 is 15.2 Å². The molecule has 0 aliphatic heterocycles. The van der Waals surface area contributed by atoms with E-state index in [0.29, 0.717) is 11.4 Å². The Morgan fingerprint density at radius 1 is 1.48 bits per heavy atom. The summed E-state index contributed by atoms with van der Waals surface area (Å²) in [5.74, 6) is -0.967. The van der Waals surface area contributed by atoms with Crippen LogP contribution < -0.4 is 10.1 Å². The highest BCUT2D eigenvalue weighted by atomic mass is 32.1. The van der Waals surface area contributed by atoms with Crippen LogP contribution in [0.25, 0.3) is 0 Å². The van der Waals surface area contributed by atoms with Crippen LogP contribution in [0, 0.1) is 13.8 Å². The van der Waals surface area contributed by atoms with Crippen molar-refractivity contribution >= 4 is 28.9 Å². The van der Waals surface area contributed by atoms with Crippen LogP contribution in [0.2, 0.25) is 0 Å². The summed E-state index contributed by atoms with van der Waals surface area (Å²) < 4.78 is 6.95. The molecule has 0 bridgehead atoms. The topological polar surface area (TPSA) is 93.5 Å². The predicted molar refractivity (Wildman–Crippen MR) is 78.1 cm³/mol. The second kappa shape index (κ2) is 5.96. The average molecular weight is 309 g/mol. The van der Waals surface area contributed by atoms with Gasteiger partial charge in [-0.15, -0.1) is 11.3 Å². The maximum atomic E-state index is 11.9. The number of nitrogens with zero attached hydrogens (tertiary/aromatic N) is 2. The number of carbonyl (C=O) groups is 2. The number of hydrogen-bond acceptors (Lipinski definition) is 5. The molecule has 2 aromatic heterocycles. The van der Waals surface area contributed by atoms with Crippen LogP contribution in [0.3, 0.4) is 0 Å². The zero-order chi connectivity index (χ0) is 15.6. The third kappa shape index (κ3) is 3.40. The number of carboxylic acid groups (broad SMARTS) is 1. The summed E-state index contributed by atoms with van der Waals surface area (Å²) >= 11 is 1.05. The number of aromatic carboxylic acids is 1. The van der Waals surface area contributed by atoms with Gasteiger partial charge in [-0.05, 0) is 13.8 Å². The molecule has 0 aliphatic rings. The van der Waals surface area contributed by atoms with Crippen molar-refractivity contribution < 1.29 is 19.4 Å². The first-order chi connectivity index (χ1) is 9.88. The quantitative estimate of drug-likeness (QED) is 0.878. The molecule has 0 saturated heterocycles. The highest BCUT2D eigenvalue weighted by Gasteiger charge is 2.13. The van der Waals surface area contributed by atoms with Gasteiger partial charge in [-0.25, -0.2) is 4.79 Å². The van der Waals surface area contributed by atoms with Crippen molar-refractivity contribution in [3.05, 3.63) is 27.7 Å². The molecule has 2 rings (SSSR count). The molecule has 2 N–H and O–H groups in total. The zero-order valence-corrected chi connectivity index (χ0v) is 12.7. The average Bonchev–Trinajstić information content (AvgIpc) is 2.98. The predicted octanol–water partition coefficient (Wildman–Crippen LogP) is 1.81. The molecule has 8 heteroatoms. The lowest BCUT2D eigenvalue weighted by atomic mass is 10.3. The summed E-state index contributed by atoms with van der Waals surface area (Å²) in [7, 11) is 1.80. The molecule has 0 spiro atoms. The van der Waals surface area contributed by atoms with Crippen molar-refractivity contribution in [1.29, 1.82) is 0 Å². The van der Waals surface area contributed by atoms with Gasteiger partial charge in [-0.1, -0.05) is 0 Å². The number of nitrogens with one attached hydrogen (secondary N) is 1. The minimum absolute atomic E-state index is 0.171. The normalized spacial score (nSPS) is 10.4. The molecule has 2 aromatic rings. The van der Waals surface area contributed by atoms with E-state index in [1.54, 1.807) is 17.1 Å². The summed E-state index contributed by atoms with van der Waals surface area (Å²) in [6.45, 7) is 3.47. The summed E-state index contributed by atoms with van der Waals surface area (Å²) in [4.78, 5) is 22.8. The molecule has 0 fully saturated rings. The van der Waals surface area contributed by atoms with Crippen molar-refractivity contribution in [3.63, 3.8) is 0 Å². The molecule has 0 saturated carbocycles. The van der Waals surface area contributed by atoms with Crippen LogP contribution in [-0.4, -0.2) is 33.4 Å². The second-order valence-corrected chi connectivity index (χ2v) is 5.37. The highest BCUT2D eigenvalue weighted by Crippen LogP contribution is 2.22. The van der Waals surface area contributed by atoms with E-state index < -0.39 is 5.97 Å². The third-order valence-electron chi connectivity index (χ3n) is 2.93. The van der Waals surface area contributed by atoms with Crippen LogP contribution in [0.15, 0.2) is 11.4 Å². The zero-order valence-electron chi connectivity index (χ0n) is 11.8. The number of thiophene rings is 1. The first kappa shape index (κ1) is 15.0. The summed E-state index contributed by atoms with van der Waals surface area (Å²) in [5, 5.41) is 17.3. The van der Waals surface area contributed by atoms with Crippen LogP contribution >= 0.6 is 11.3 Å². The molecule has 0 aliphatic carbocycles. The van der Waals surface area contributed by atoms with E-state index in [4.69, 9.17) is 9.84 Å². The van der Waals surface area contributed by atoms with Gasteiger partial charge in [0.15, 0.2) is 6.61 Å². The Kier molecular flexibility index (Phi) is 4.27. The van der Waals surface area contributed by atoms with Crippen molar-refractivity contribution in [1.82, 2.24) is 9.78 Å². The van der Waals surface area contributed by atoms with E-state index in [-0.39, 0.29) is 17.4 Å². The second-order valence-electron chi connectivity index (χ2n) is 4.46. The molecule has 21 heavy (non-hydrogen) atoms. The summed E-state index contributed by atoms with van der Waals surface area (Å²) in [6.07, 6.45) is 0. The molecule has 0 radical (unpaired) electrons. The minimum atomic E-state index is -1.01. The first-order valence-corrected chi connectivity index (χ1v) is 7.01. The Labute approximate surface area is 125 Å². The number of ether oxygens (including phenoxy) is 1. The van der Waals surface area contributed by atoms with Crippen molar-refractivity contribution in [3.8, 4) is 5.75 Å². The van der Waals surface area contributed by atoms with Gasteiger partial charge in [0.2, 0.25) is 0 Å². The van der Waals surface area contributed by atoms with Gasteiger partial charge in [-0.2, -0.15) is 5.10 Å². The van der Waals surface area contributed by atoms with Gasteiger partial charge >= 0.3 is 5.97 Å². The van der Waals surface area contributed by atoms with Crippen molar-refractivity contribution in [2.24, 2.45) is 7.05 Å². The fourth-order valence-electron chi connectivity index (χ4n) is 1.79. The molecule has 2 heterocycles. The summed E-state index contributed by atoms with van der Waals surface area (Å²) in [5.41, 5.74) is 2.25. The van der Waals surface area contributed by atoms with Gasteiger partial charge in [0.25, 0.3) is 5.91 Å². The minimum Gasteiger partial charge on any atom is -0.483 e. The van der Waals surface area contributed by atoms with Gasteiger partial charge in [-0.3, -0.25) is 9.48 Å². The maximum absolute atomic E-state index is 11.9. The SMILES string of the molecule is Cc1nn(C)c(C)c1NC(=O)COc1csc(C(=O)O)c1. The number of carbonyl (C=O) groups excluding carboxylic acids is 1. The first-order valence-electron chi connectivity index (χ1n) is 6.13. The van der Waals surface area contributed by atoms with Crippen LogP contribution in [0.5, 0.6) is 5.75 Å². The number of hydrogen-bond donors (Lipinski definition) is 2. The maximum Gasteiger partial charge on any atom is 0.346 e. The number of aromatic nitrogens is 2. The fourth-order valence-corrected chi connectivity index (χ4v) is 2.45. The highest BCUT2D eigenvalue weighted by molar-refractivity contribution is 7.12. The van der Waals surface area contributed by atoms with Crippen molar-refractivity contribution in [2.45, 2.75) is 13.8 Å². The molecular weight excluding hydrogens is 294 g/mol. The molecular formula is C13H15N3O4S. The molecule has 1 amide bonds. The van der Waals surface area contributed by atoms with Gasteiger partial charge in [0.1, 0.15) is 10.6 Å². The number of aryl methyl sites for hydroxylation is 2. The lowest BCUT2D eigenvalue weighted by Crippen LogP contribution is -2.20. The van der Waals surface area contributed by atoms with E-state index in [1.807, 2.05) is 13.8 Å². The Hall–Kier alpha value is -2.35. The molecule has 7 nitrogen and oxygen atoms in total. The standard InChI is InChI=1S/C13H15N3O4S/c1-7-12(8(2)16(3)15-7)14-11(17)5-20-9-4-10(13(18)19)21-6-9/h4,6H,5H2,1-3H3,(H,14,17)(H,18,19). The number of amides is 1. The fraction of sp³-hybridized carbons (Fsp3) is 0.308. The molecule has 0 aromatic carbocycles. The Balaban J connectivity index is 1.94. The van der Waals surface area contributed by atoms with E-state index in [9.17, 15) is 9.59 Å². The van der Waals surface area contributed by atoms with E-state index in [2.05, 4.69) is 10.4 Å². The van der Waals surface area contributed by atoms with Crippen LogP contribution in [-0.2, 0) is 11.8 Å². The molecule has 112 valence electrons. The monoisotopic (exact) mass is 309 g/mol. The van der Waals surface area contributed by atoms with E-state index >= 15 is 0 Å². The van der Waals surface area contributed by atoms with Gasteiger partial charge in [0.05, 0.1) is 17.1 Å². The Morgan fingerprint density at radius 3 is 2.71 bits per heavy atom. The van der Waals surface area contributed by atoms with E-state index in [1.165, 1.54) is 6.07 Å². The van der Waals surface area contributed by atoms with Gasteiger partial charge in [0, 0.05) is 18.5 Å². The lowest BCUT2D eigenvalue weighted by Gasteiger charge is -2.06. The number of carboxylic acids is 1. The smallest absolute Gasteiger partial charge is 0.346 e. The van der Waals surface area contributed by atoms with E-state index in [0.717, 1.165) is 22.7 Å². The van der Waals surface area contributed by atoms with Crippen LogP contribution in [0.4, 0.5) is 5.69 Å².